The van der Waals surface area contributed by atoms with Crippen LogP contribution in [0.2, 0.25) is 0 Å². The molecule has 6 nitrogen and oxygen atoms in total. The Morgan fingerprint density at radius 3 is 2.33 bits per heavy atom. The number of aliphatic hydroxyl groups excluding tert-OH is 1. The first-order valence-electron chi connectivity index (χ1n) is 7.06. The SMILES string of the molecule is O=C(NCC1(C(=O)O)CCCCC1)N(CCO)CC(F)F. The fourth-order valence-electron chi connectivity index (χ4n) is 2.61. The number of carboxylic acids is 1. The van der Waals surface area contributed by atoms with Crippen LogP contribution in [0, 0.1) is 5.41 Å². The number of halogens is 2. The van der Waals surface area contributed by atoms with Crippen LogP contribution >= 0.6 is 0 Å². The highest BCUT2D eigenvalue weighted by Crippen LogP contribution is 2.36. The van der Waals surface area contributed by atoms with E-state index in [9.17, 15) is 23.5 Å². The molecule has 1 saturated carbocycles. The predicted molar refractivity (Wildman–Crippen MR) is 71.2 cm³/mol. The number of aliphatic carboxylic acids is 1. The Morgan fingerprint density at radius 1 is 1.24 bits per heavy atom. The Morgan fingerprint density at radius 2 is 1.86 bits per heavy atom. The zero-order chi connectivity index (χ0) is 15.9. The van der Waals surface area contributed by atoms with E-state index in [0.29, 0.717) is 12.8 Å². The van der Waals surface area contributed by atoms with Crippen molar-refractivity contribution in [1.82, 2.24) is 10.2 Å². The van der Waals surface area contributed by atoms with E-state index < -0.39 is 37.0 Å². The van der Waals surface area contributed by atoms with E-state index in [0.717, 1.165) is 24.2 Å². The predicted octanol–water partition coefficient (Wildman–Crippen LogP) is 1.29. The van der Waals surface area contributed by atoms with E-state index in [1.807, 2.05) is 0 Å². The van der Waals surface area contributed by atoms with Gasteiger partial charge in [-0.15, -0.1) is 0 Å². The van der Waals surface area contributed by atoms with Crippen molar-refractivity contribution in [3.05, 3.63) is 0 Å². The van der Waals surface area contributed by atoms with E-state index in [-0.39, 0.29) is 13.1 Å². The number of carbonyl (C=O) groups excluding carboxylic acids is 1. The summed E-state index contributed by atoms with van der Waals surface area (Å²) in [5, 5.41) is 20.6. The maximum absolute atomic E-state index is 12.4. The standard InChI is InChI=1S/C13H22F2N2O4/c14-10(15)8-17(6-7-18)12(21)16-9-13(11(19)20)4-2-1-3-5-13/h10,18H,1-9H2,(H,16,21)(H,19,20). The minimum Gasteiger partial charge on any atom is -0.481 e. The summed E-state index contributed by atoms with van der Waals surface area (Å²) in [7, 11) is 0. The van der Waals surface area contributed by atoms with Crippen molar-refractivity contribution in [3.63, 3.8) is 0 Å². The van der Waals surface area contributed by atoms with Crippen molar-refractivity contribution in [1.29, 1.82) is 0 Å². The van der Waals surface area contributed by atoms with Crippen molar-refractivity contribution in [3.8, 4) is 0 Å². The average molecular weight is 308 g/mol. The molecule has 2 amide bonds. The summed E-state index contributed by atoms with van der Waals surface area (Å²) in [6, 6.07) is -0.768. The molecule has 8 heteroatoms. The smallest absolute Gasteiger partial charge is 0.317 e. The van der Waals surface area contributed by atoms with Crippen LogP contribution in [-0.4, -0.2) is 59.8 Å². The number of rotatable bonds is 7. The molecule has 0 radical (unpaired) electrons. The van der Waals surface area contributed by atoms with Gasteiger partial charge in [0.1, 0.15) is 0 Å². The van der Waals surface area contributed by atoms with Crippen LogP contribution in [0.15, 0.2) is 0 Å². The molecular formula is C13H22F2N2O4. The van der Waals surface area contributed by atoms with Crippen molar-refractivity contribution >= 4 is 12.0 Å². The van der Waals surface area contributed by atoms with Crippen molar-refractivity contribution < 1.29 is 28.6 Å². The molecule has 1 aliphatic carbocycles. The lowest BCUT2D eigenvalue weighted by atomic mass is 9.74. The van der Waals surface area contributed by atoms with Gasteiger partial charge in [0.25, 0.3) is 6.43 Å². The monoisotopic (exact) mass is 308 g/mol. The summed E-state index contributed by atoms with van der Waals surface area (Å²) < 4.78 is 24.7. The van der Waals surface area contributed by atoms with Gasteiger partial charge < -0.3 is 20.4 Å². The number of carbonyl (C=O) groups is 2. The second kappa shape index (κ2) is 8.11. The summed E-state index contributed by atoms with van der Waals surface area (Å²) in [6.07, 6.45) is 0.754. The zero-order valence-corrected chi connectivity index (χ0v) is 11.9. The summed E-state index contributed by atoms with van der Waals surface area (Å²) >= 11 is 0. The molecule has 21 heavy (non-hydrogen) atoms. The van der Waals surface area contributed by atoms with Gasteiger partial charge in [-0.2, -0.15) is 0 Å². The zero-order valence-electron chi connectivity index (χ0n) is 11.9. The molecule has 1 rings (SSSR count). The Balaban J connectivity index is 2.60. The van der Waals surface area contributed by atoms with E-state index in [2.05, 4.69) is 5.32 Å². The molecule has 0 spiro atoms. The van der Waals surface area contributed by atoms with Gasteiger partial charge >= 0.3 is 12.0 Å². The van der Waals surface area contributed by atoms with E-state index in [1.54, 1.807) is 0 Å². The van der Waals surface area contributed by atoms with E-state index >= 15 is 0 Å². The van der Waals surface area contributed by atoms with Gasteiger partial charge in [0.15, 0.2) is 0 Å². The first-order chi connectivity index (χ1) is 9.91. The Kier molecular flexibility index (Phi) is 6.80. The number of urea groups is 1. The molecule has 0 atom stereocenters. The Hall–Kier alpha value is -1.44. The van der Waals surface area contributed by atoms with Crippen LogP contribution in [0.1, 0.15) is 32.1 Å². The lowest BCUT2D eigenvalue weighted by molar-refractivity contribution is -0.150. The Bertz CT molecular complexity index is 360. The van der Waals surface area contributed by atoms with Crippen LogP contribution in [0.5, 0.6) is 0 Å². The third-order valence-electron chi connectivity index (χ3n) is 3.86. The molecule has 0 aromatic carbocycles. The number of amides is 2. The number of nitrogens with one attached hydrogen (secondary N) is 1. The highest BCUT2D eigenvalue weighted by molar-refractivity contribution is 5.78. The molecule has 0 aromatic rings. The van der Waals surface area contributed by atoms with Crippen LogP contribution in [0.25, 0.3) is 0 Å². The maximum Gasteiger partial charge on any atom is 0.317 e. The highest BCUT2D eigenvalue weighted by Gasteiger charge is 2.40. The molecule has 1 aliphatic rings. The average Bonchev–Trinajstić information content (AvgIpc) is 2.44. The number of alkyl halides is 2. The molecule has 0 heterocycles. The van der Waals surface area contributed by atoms with Gasteiger partial charge in [0.05, 0.1) is 18.6 Å². The molecular weight excluding hydrogens is 286 g/mol. The molecule has 1 fully saturated rings. The second-order valence-electron chi connectivity index (χ2n) is 5.37. The molecule has 0 unspecified atom stereocenters. The van der Waals surface area contributed by atoms with Gasteiger partial charge in [0, 0.05) is 13.1 Å². The number of hydrogen-bond acceptors (Lipinski definition) is 3. The van der Waals surface area contributed by atoms with E-state index in [1.165, 1.54) is 0 Å². The maximum atomic E-state index is 12.4. The van der Waals surface area contributed by atoms with Gasteiger partial charge in [-0.25, -0.2) is 13.6 Å². The largest absolute Gasteiger partial charge is 0.481 e. The normalized spacial score (nSPS) is 17.5. The minimum atomic E-state index is -2.70. The molecule has 3 N–H and O–H groups in total. The lowest BCUT2D eigenvalue weighted by Gasteiger charge is -2.34. The van der Waals surface area contributed by atoms with Gasteiger partial charge in [-0.3, -0.25) is 4.79 Å². The number of hydrogen-bond donors (Lipinski definition) is 3. The summed E-state index contributed by atoms with van der Waals surface area (Å²) in [4.78, 5) is 24.1. The van der Waals surface area contributed by atoms with Crippen molar-refractivity contribution in [2.45, 2.75) is 38.5 Å². The first-order valence-corrected chi connectivity index (χ1v) is 7.06. The second-order valence-corrected chi connectivity index (χ2v) is 5.37. The highest BCUT2D eigenvalue weighted by atomic mass is 19.3. The van der Waals surface area contributed by atoms with Crippen LogP contribution in [0.3, 0.4) is 0 Å². The summed E-state index contributed by atoms with van der Waals surface area (Å²) in [5.41, 5.74) is -1.01. The number of aliphatic hydroxyl groups is 1. The fourth-order valence-corrected chi connectivity index (χ4v) is 2.61. The third kappa shape index (κ3) is 5.11. The van der Waals surface area contributed by atoms with Gasteiger partial charge in [-0.1, -0.05) is 19.3 Å². The lowest BCUT2D eigenvalue weighted by Crippen LogP contribution is -2.50. The van der Waals surface area contributed by atoms with E-state index in [4.69, 9.17) is 5.11 Å². The van der Waals surface area contributed by atoms with Gasteiger partial charge in [0.2, 0.25) is 0 Å². The van der Waals surface area contributed by atoms with Crippen LogP contribution < -0.4 is 5.32 Å². The third-order valence-corrected chi connectivity index (χ3v) is 3.86. The summed E-state index contributed by atoms with van der Waals surface area (Å²) in [6.45, 7) is -1.50. The minimum absolute atomic E-state index is 0.0771. The molecule has 0 aromatic heterocycles. The first kappa shape index (κ1) is 17.6. The molecule has 122 valence electrons. The van der Waals surface area contributed by atoms with Crippen molar-refractivity contribution in [2.24, 2.45) is 5.41 Å². The molecule has 0 aliphatic heterocycles. The molecule has 0 saturated heterocycles. The van der Waals surface area contributed by atoms with Crippen LogP contribution in [-0.2, 0) is 4.79 Å². The number of carboxylic acid groups (broad SMARTS) is 1. The quantitative estimate of drug-likeness (QED) is 0.661. The number of nitrogens with zero attached hydrogens (tertiary/aromatic N) is 1. The topological polar surface area (TPSA) is 89.9 Å². The Labute approximate surface area is 122 Å². The van der Waals surface area contributed by atoms with Gasteiger partial charge in [-0.05, 0) is 12.8 Å². The molecule has 0 bridgehead atoms. The summed E-state index contributed by atoms with van der Waals surface area (Å²) in [5.74, 6) is -0.968. The van der Waals surface area contributed by atoms with Crippen molar-refractivity contribution in [2.75, 3.05) is 26.2 Å². The van der Waals surface area contributed by atoms with Crippen LogP contribution in [0.4, 0.5) is 13.6 Å². The fraction of sp³-hybridized carbons (Fsp3) is 0.846.